The van der Waals surface area contributed by atoms with Gasteiger partial charge in [-0.15, -0.1) is 0 Å². The molecule has 0 radical (unpaired) electrons. The first kappa shape index (κ1) is 15.4. The molecule has 0 aliphatic heterocycles. The van der Waals surface area contributed by atoms with Crippen molar-refractivity contribution < 1.29 is 23.6 Å². The lowest BCUT2D eigenvalue weighted by Crippen LogP contribution is -2.22. The molecule has 0 aliphatic carbocycles. The van der Waals surface area contributed by atoms with E-state index in [2.05, 4.69) is 0 Å². The average Bonchev–Trinajstić information content (AvgIpc) is 2.38. The summed E-state index contributed by atoms with van der Waals surface area (Å²) in [5.74, 6) is -1.34. The second kappa shape index (κ2) is 7.04. The van der Waals surface area contributed by atoms with E-state index >= 15 is 0 Å². The zero-order valence-electron chi connectivity index (χ0n) is 10.8. The molecule has 1 rings (SSSR count). The first-order valence-electron chi connectivity index (χ1n) is 5.81. The van der Waals surface area contributed by atoms with Gasteiger partial charge >= 0.3 is 11.9 Å². The number of hydrogen-bond donors (Lipinski definition) is 1. The van der Waals surface area contributed by atoms with Gasteiger partial charge in [0.15, 0.2) is 0 Å². The van der Waals surface area contributed by atoms with E-state index in [9.17, 15) is 13.8 Å². The fourth-order valence-corrected chi connectivity index (χ4v) is 2.35. The number of ether oxygens (including phenoxy) is 1. The van der Waals surface area contributed by atoms with Gasteiger partial charge in [-0.1, -0.05) is 12.1 Å². The van der Waals surface area contributed by atoms with Gasteiger partial charge in [0.25, 0.3) is 0 Å². The van der Waals surface area contributed by atoms with Crippen LogP contribution in [0.5, 0.6) is 0 Å². The fourth-order valence-electron chi connectivity index (χ4n) is 1.35. The molecular formula is C13H16O5S. The van der Waals surface area contributed by atoms with E-state index in [-0.39, 0.29) is 5.75 Å². The van der Waals surface area contributed by atoms with Crippen LogP contribution in [-0.4, -0.2) is 33.1 Å². The molecule has 5 nitrogen and oxygen atoms in total. The summed E-state index contributed by atoms with van der Waals surface area (Å²) < 4.78 is 16.6. The molecule has 0 aliphatic rings. The Labute approximate surface area is 114 Å². The SMILES string of the molecule is CCOC(=O)c1ccc(CS(=O)C(C)C(=O)O)cc1. The molecule has 104 valence electrons. The predicted molar refractivity (Wildman–Crippen MR) is 71.3 cm³/mol. The average molecular weight is 284 g/mol. The molecule has 2 unspecified atom stereocenters. The molecule has 0 aromatic heterocycles. The van der Waals surface area contributed by atoms with Gasteiger partial charge in [0.1, 0.15) is 5.25 Å². The number of carbonyl (C=O) groups excluding carboxylic acids is 1. The van der Waals surface area contributed by atoms with Crippen molar-refractivity contribution in [1.82, 2.24) is 0 Å². The molecule has 0 heterocycles. The molecule has 1 aromatic carbocycles. The van der Waals surface area contributed by atoms with Gasteiger partial charge < -0.3 is 9.84 Å². The van der Waals surface area contributed by atoms with E-state index in [0.29, 0.717) is 12.2 Å². The Hall–Kier alpha value is -1.69. The van der Waals surface area contributed by atoms with Crippen LogP contribution in [-0.2, 0) is 26.1 Å². The van der Waals surface area contributed by atoms with E-state index in [4.69, 9.17) is 9.84 Å². The third-order valence-corrected chi connectivity index (χ3v) is 4.12. The summed E-state index contributed by atoms with van der Waals surface area (Å²) >= 11 is 0. The number of hydrogen-bond acceptors (Lipinski definition) is 4. The smallest absolute Gasteiger partial charge is 0.338 e. The Morgan fingerprint density at radius 3 is 2.37 bits per heavy atom. The second-order valence-corrected chi connectivity index (χ2v) is 5.68. The largest absolute Gasteiger partial charge is 0.480 e. The highest BCUT2D eigenvalue weighted by Crippen LogP contribution is 2.10. The van der Waals surface area contributed by atoms with Gasteiger partial charge in [-0.3, -0.25) is 9.00 Å². The van der Waals surface area contributed by atoms with Crippen molar-refractivity contribution in [3.05, 3.63) is 35.4 Å². The lowest BCUT2D eigenvalue weighted by atomic mass is 10.1. The lowest BCUT2D eigenvalue weighted by Gasteiger charge is -2.07. The first-order valence-corrected chi connectivity index (χ1v) is 7.20. The summed E-state index contributed by atoms with van der Waals surface area (Å²) in [6, 6.07) is 6.46. The third-order valence-electron chi connectivity index (χ3n) is 2.52. The van der Waals surface area contributed by atoms with Gasteiger partial charge in [-0.25, -0.2) is 4.79 Å². The van der Waals surface area contributed by atoms with Gasteiger partial charge in [0, 0.05) is 16.6 Å². The quantitative estimate of drug-likeness (QED) is 0.802. The molecule has 1 aromatic rings. The maximum atomic E-state index is 11.7. The van der Waals surface area contributed by atoms with Crippen molar-refractivity contribution in [2.24, 2.45) is 0 Å². The number of carboxylic acid groups (broad SMARTS) is 1. The van der Waals surface area contributed by atoms with E-state index in [1.54, 1.807) is 31.2 Å². The van der Waals surface area contributed by atoms with Gasteiger partial charge in [-0.2, -0.15) is 0 Å². The molecule has 2 atom stereocenters. The van der Waals surface area contributed by atoms with Crippen molar-refractivity contribution in [1.29, 1.82) is 0 Å². The van der Waals surface area contributed by atoms with Crippen molar-refractivity contribution in [2.75, 3.05) is 6.61 Å². The molecular weight excluding hydrogens is 268 g/mol. The van der Waals surface area contributed by atoms with Crippen LogP contribution >= 0.6 is 0 Å². The van der Waals surface area contributed by atoms with Crippen LogP contribution in [0.4, 0.5) is 0 Å². The van der Waals surface area contributed by atoms with Gasteiger partial charge in [-0.05, 0) is 31.5 Å². The first-order chi connectivity index (χ1) is 8.95. The summed E-state index contributed by atoms with van der Waals surface area (Å²) in [6.07, 6.45) is 0. The second-order valence-electron chi connectivity index (χ2n) is 3.92. The van der Waals surface area contributed by atoms with E-state index < -0.39 is 28.0 Å². The van der Waals surface area contributed by atoms with E-state index in [0.717, 1.165) is 5.56 Å². The number of esters is 1. The van der Waals surface area contributed by atoms with Crippen molar-refractivity contribution in [3.63, 3.8) is 0 Å². The minimum Gasteiger partial charge on any atom is -0.480 e. The number of carbonyl (C=O) groups is 2. The van der Waals surface area contributed by atoms with Crippen LogP contribution in [0.25, 0.3) is 0 Å². The molecule has 6 heteroatoms. The molecule has 19 heavy (non-hydrogen) atoms. The molecule has 0 spiro atoms. The Balaban J connectivity index is 2.69. The van der Waals surface area contributed by atoms with E-state index in [1.807, 2.05) is 0 Å². The van der Waals surface area contributed by atoms with Crippen molar-refractivity contribution in [2.45, 2.75) is 24.9 Å². The summed E-state index contributed by atoms with van der Waals surface area (Å²) in [5.41, 5.74) is 1.14. The normalized spacial score (nSPS) is 13.6. The summed E-state index contributed by atoms with van der Waals surface area (Å²) in [5, 5.41) is 7.84. The minimum absolute atomic E-state index is 0.149. The number of benzene rings is 1. The maximum absolute atomic E-state index is 11.7. The summed E-state index contributed by atoms with van der Waals surface area (Å²) in [6.45, 7) is 3.44. The predicted octanol–water partition coefficient (Wildman–Crippen LogP) is 1.59. The topological polar surface area (TPSA) is 80.7 Å². The standard InChI is InChI=1S/C13H16O5S/c1-3-18-13(16)11-6-4-10(5-7-11)8-19(17)9(2)12(14)15/h4-7,9H,3,8H2,1-2H3,(H,14,15). The highest BCUT2D eigenvalue weighted by Gasteiger charge is 2.19. The molecule has 0 fully saturated rings. The van der Waals surface area contributed by atoms with Crippen LogP contribution in [0.2, 0.25) is 0 Å². The summed E-state index contributed by atoms with van der Waals surface area (Å²) in [7, 11) is -1.48. The highest BCUT2D eigenvalue weighted by atomic mass is 32.2. The summed E-state index contributed by atoms with van der Waals surface area (Å²) in [4.78, 5) is 22.1. The van der Waals surface area contributed by atoms with Crippen LogP contribution < -0.4 is 0 Å². The zero-order valence-corrected chi connectivity index (χ0v) is 11.6. The van der Waals surface area contributed by atoms with Crippen LogP contribution in [0.1, 0.15) is 29.8 Å². The fraction of sp³-hybridized carbons (Fsp3) is 0.385. The Morgan fingerprint density at radius 2 is 1.89 bits per heavy atom. The van der Waals surface area contributed by atoms with Crippen LogP contribution in [0.15, 0.2) is 24.3 Å². The molecule has 0 amide bonds. The van der Waals surface area contributed by atoms with Crippen molar-refractivity contribution >= 4 is 22.7 Å². The monoisotopic (exact) mass is 284 g/mol. The van der Waals surface area contributed by atoms with Crippen LogP contribution in [0.3, 0.4) is 0 Å². The number of rotatable bonds is 6. The third kappa shape index (κ3) is 4.48. The Bertz CT molecular complexity index is 480. The lowest BCUT2D eigenvalue weighted by molar-refractivity contribution is -0.136. The molecule has 0 bridgehead atoms. The van der Waals surface area contributed by atoms with Crippen LogP contribution in [0, 0.1) is 0 Å². The van der Waals surface area contributed by atoms with E-state index in [1.165, 1.54) is 6.92 Å². The Kier molecular flexibility index (Phi) is 5.69. The maximum Gasteiger partial charge on any atom is 0.338 e. The highest BCUT2D eigenvalue weighted by molar-refractivity contribution is 7.85. The number of aliphatic carboxylic acids is 1. The Morgan fingerprint density at radius 1 is 1.32 bits per heavy atom. The molecule has 0 saturated carbocycles. The molecule has 0 saturated heterocycles. The number of carboxylic acids is 1. The zero-order chi connectivity index (χ0) is 14.4. The molecule has 1 N–H and O–H groups in total. The van der Waals surface area contributed by atoms with Gasteiger partial charge in [0.05, 0.1) is 12.2 Å². The minimum atomic E-state index is -1.48. The van der Waals surface area contributed by atoms with Gasteiger partial charge in [0.2, 0.25) is 0 Å². The van der Waals surface area contributed by atoms with Crippen molar-refractivity contribution in [3.8, 4) is 0 Å².